The van der Waals surface area contributed by atoms with Crippen molar-refractivity contribution in [3.8, 4) is 0 Å². The van der Waals surface area contributed by atoms with Crippen LogP contribution in [0.5, 0.6) is 0 Å². The summed E-state index contributed by atoms with van der Waals surface area (Å²) in [6.07, 6.45) is 3.64. The molecule has 0 radical (unpaired) electrons. The van der Waals surface area contributed by atoms with Gasteiger partial charge in [-0.2, -0.15) is 0 Å². The van der Waals surface area contributed by atoms with Gasteiger partial charge < -0.3 is 15.1 Å². The maximum atomic E-state index is 6.14. The monoisotopic (exact) mass is 258 g/mol. The number of hydrogen-bond donors (Lipinski definition) is 1. The van der Waals surface area contributed by atoms with Gasteiger partial charge in [0, 0.05) is 13.1 Å². The number of rotatable bonds is 3. The molecule has 2 heterocycles. The Bertz CT molecular complexity index is 519. The second kappa shape index (κ2) is 5.40. The normalized spacial score (nSPS) is 17.4. The van der Waals surface area contributed by atoms with Crippen LogP contribution in [-0.4, -0.2) is 23.3 Å². The minimum absolute atomic E-state index is 0.354. The minimum atomic E-state index is -0.354. The molecule has 100 valence electrons. The van der Waals surface area contributed by atoms with E-state index in [-0.39, 0.29) is 6.04 Å². The molecule has 0 aliphatic carbocycles. The second-order valence-corrected chi connectivity index (χ2v) is 4.86. The van der Waals surface area contributed by atoms with Gasteiger partial charge in [0.1, 0.15) is 6.04 Å². The Morgan fingerprint density at radius 1 is 1.05 bits per heavy atom. The Kier molecular flexibility index (Phi) is 3.46. The van der Waals surface area contributed by atoms with Crippen LogP contribution in [-0.2, 0) is 0 Å². The fraction of sp³-hybridized carbons (Fsp3) is 0.429. The highest BCUT2D eigenvalue weighted by Gasteiger charge is 2.20. The average molecular weight is 258 g/mol. The van der Waals surface area contributed by atoms with Gasteiger partial charge in [0.05, 0.1) is 0 Å². The van der Waals surface area contributed by atoms with E-state index in [1.807, 2.05) is 30.3 Å². The molecule has 0 amide bonds. The average Bonchev–Trinajstić information content (AvgIpc) is 2.98. The molecule has 19 heavy (non-hydrogen) atoms. The highest BCUT2D eigenvalue weighted by molar-refractivity contribution is 5.28. The lowest BCUT2D eigenvalue weighted by atomic mass is 10.1. The highest BCUT2D eigenvalue weighted by Crippen LogP contribution is 2.23. The van der Waals surface area contributed by atoms with Crippen LogP contribution in [0, 0.1) is 0 Å². The molecule has 1 fully saturated rings. The summed E-state index contributed by atoms with van der Waals surface area (Å²) < 4.78 is 5.72. The zero-order valence-electron chi connectivity index (χ0n) is 10.8. The molecule has 5 heteroatoms. The van der Waals surface area contributed by atoms with E-state index >= 15 is 0 Å². The maximum Gasteiger partial charge on any atom is 0.318 e. The largest absolute Gasteiger partial charge is 0.406 e. The number of nitrogens with two attached hydrogens (primary N) is 1. The summed E-state index contributed by atoms with van der Waals surface area (Å²) in [4.78, 5) is 2.14. The van der Waals surface area contributed by atoms with Crippen molar-refractivity contribution < 1.29 is 4.42 Å². The summed E-state index contributed by atoms with van der Waals surface area (Å²) in [5.74, 6) is 0.478. The summed E-state index contributed by atoms with van der Waals surface area (Å²) >= 11 is 0. The van der Waals surface area contributed by atoms with Crippen LogP contribution >= 0.6 is 0 Å². The molecule has 2 aromatic rings. The Balaban J connectivity index is 1.77. The molecule has 1 aliphatic rings. The Morgan fingerprint density at radius 3 is 2.53 bits per heavy atom. The van der Waals surface area contributed by atoms with Crippen LogP contribution in [0.4, 0.5) is 6.01 Å². The zero-order chi connectivity index (χ0) is 13.1. The maximum absolute atomic E-state index is 6.14. The zero-order valence-corrected chi connectivity index (χ0v) is 10.8. The number of aromatic nitrogens is 2. The summed E-state index contributed by atoms with van der Waals surface area (Å²) in [7, 11) is 0. The molecule has 1 atom stereocenters. The van der Waals surface area contributed by atoms with Crippen LogP contribution in [0.15, 0.2) is 34.7 Å². The molecular weight excluding hydrogens is 240 g/mol. The van der Waals surface area contributed by atoms with Gasteiger partial charge in [0.25, 0.3) is 0 Å². The number of anilines is 1. The molecule has 1 unspecified atom stereocenters. The van der Waals surface area contributed by atoms with Crippen molar-refractivity contribution in [3.63, 3.8) is 0 Å². The lowest BCUT2D eigenvalue weighted by Gasteiger charge is -2.24. The van der Waals surface area contributed by atoms with Gasteiger partial charge >= 0.3 is 6.01 Å². The highest BCUT2D eigenvalue weighted by atomic mass is 16.4. The third-order valence-corrected chi connectivity index (χ3v) is 3.48. The van der Waals surface area contributed by atoms with E-state index in [0.29, 0.717) is 11.9 Å². The van der Waals surface area contributed by atoms with E-state index in [0.717, 1.165) is 18.7 Å². The number of hydrogen-bond acceptors (Lipinski definition) is 5. The minimum Gasteiger partial charge on any atom is -0.406 e. The Hall–Kier alpha value is -1.88. The Labute approximate surface area is 112 Å². The van der Waals surface area contributed by atoms with E-state index in [9.17, 15) is 0 Å². The molecule has 0 saturated carbocycles. The molecule has 1 aromatic heterocycles. The number of piperidine rings is 1. The topological polar surface area (TPSA) is 68.2 Å². The molecular formula is C14H18N4O. The molecule has 0 bridgehead atoms. The molecule has 5 nitrogen and oxygen atoms in total. The third kappa shape index (κ3) is 2.61. The summed E-state index contributed by atoms with van der Waals surface area (Å²) in [6.45, 7) is 1.98. The number of benzene rings is 1. The molecule has 1 aliphatic heterocycles. The summed E-state index contributed by atoms with van der Waals surface area (Å²) in [5, 5.41) is 8.20. The summed E-state index contributed by atoms with van der Waals surface area (Å²) in [6, 6.07) is 10.1. The number of nitrogens with zero attached hydrogens (tertiary/aromatic N) is 3. The van der Waals surface area contributed by atoms with E-state index < -0.39 is 0 Å². The first-order valence-electron chi connectivity index (χ1n) is 6.73. The first-order valence-corrected chi connectivity index (χ1v) is 6.73. The lowest BCUT2D eigenvalue weighted by molar-refractivity contribution is 0.448. The van der Waals surface area contributed by atoms with Crippen molar-refractivity contribution in [3.05, 3.63) is 41.8 Å². The predicted molar refractivity (Wildman–Crippen MR) is 72.8 cm³/mol. The molecule has 2 N–H and O–H groups in total. The van der Waals surface area contributed by atoms with Gasteiger partial charge in [-0.15, -0.1) is 5.10 Å². The van der Waals surface area contributed by atoms with E-state index in [4.69, 9.17) is 10.2 Å². The fourth-order valence-corrected chi connectivity index (χ4v) is 2.37. The van der Waals surface area contributed by atoms with Gasteiger partial charge in [-0.3, -0.25) is 0 Å². The third-order valence-electron chi connectivity index (χ3n) is 3.48. The van der Waals surface area contributed by atoms with E-state index in [1.54, 1.807) is 0 Å². The lowest BCUT2D eigenvalue weighted by Crippen LogP contribution is -2.29. The quantitative estimate of drug-likeness (QED) is 0.913. The van der Waals surface area contributed by atoms with Crippen LogP contribution in [0.25, 0.3) is 0 Å². The van der Waals surface area contributed by atoms with Crippen molar-refractivity contribution in [1.82, 2.24) is 10.2 Å². The molecule has 1 aromatic carbocycles. The predicted octanol–water partition coefficient (Wildman–Crippen LogP) is 2.11. The molecule has 1 saturated heterocycles. The van der Waals surface area contributed by atoms with Crippen LogP contribution in [0.1, 0.15) is 36.8 Å². The van der Waals surface area contributed by atoms with Crippen LogP contribution in [0.3, 0.4) is 0 Å². The van der Waals surface area contributed by atoms with Crippen LogP contribution < -0.4 is 10.6 Å². The van der Waals surface area contributed by atoms with Gasteiger partial charge in [0.2, 0.25) is 5.89 Å². The van der Waals surface area contributed by atoms with Gasteiger partial charge in [-0.05, 0) is 24.8 Å². The summed E-state index contributed by atoms with van der Waals surface area (Å²) in [5.41, 5.74) is 7.13. The first kappa shape index (κ1) is 12.2. The van der Waals surface area contributed by atoms with E-state index in [2.05, 4.69) is 15.1 Å². The Morgan fingerprint density at radius 2 is 1.79 bits per heavy atom. The first-order chi connectivity index (χ1) is 9.34. The van der Waals surface area contributed by atoms with Gasteiger partial charge in [-0.25, -0.2) is 0 Å². The van der Waals surface area contributed by atoms with Crippen molar-refractivity contribution in [1.29, 1.82) is 0 Å². The second-order valence-electron chi connectivity index (χ2n) is 4.86. The standard InChI is InChI=1S/C14H18N4O/c15-12(11-7-3-1-4-8-11)13-16-17-14(19-13)18-9-5-2-6-10-18/h1,3-4,7-8,12H,2,5-6,9-10,15H2. The van der Waals surface area contributed by atoms with Gasteiger partial charge in [0.15, 0.2) is 0 Å². The van der Waals surface area contributed by atoms with Gasteiger partial charge in [-0.1, -0.05) is 35.4 Å². The SMILES string of the molecule is NC(c1ccccc1)c1nnc(N2CCCCC2)o1. The van der Waals surface area contributed by atoms with Crippen molar-refractivity contribution in [2.75, 3.05) is 18.0 Å². The smallest absolute Gasteiger partial charge is 0.318 e. The van der Waals surface area contributed by atoms with Crippen LogP contribution in [0.2, 0.25) is 0 Å². The van der Waals surface area contributed by atoms with E-state index in [1.165, 1.54) is 19.3 Å². The molecule has 0 spiro atoms. The molecule has 3 rings (SSSR count). The van der Waals surface area contributed by atoms with Crippen molar-refractivity contribution in [2.24, 2.45) is 5.73 Å². The fourth-order valence-electron chi connectivity index (χ4n) is 2.37. The van der Waals surface area contributed by atoms with Crippen molar-refractivity contribution in [2.45, 2.75) is 25.3 Å². The van der Waals surface area contributed by atoms with Crippen molar-refractivity contribution >= 4 is 6.01 Å².